The standard InChI is InChI=1S/C22H21N5O2/c1-28-20-9-7-17(8-10-20)15-18(16-23)21-24-25-22(26-11-13-29-14-12-26)27(21)19-5-3-2-4-6-19/h2-10,15H,11-14H2,1H3. The highest BCUT2D eigenvalue weighted by Gasteiger charge is 2.23. The highest BCUT2D eigenvalue weighted by molar-refractivity contribution is 5.88. The summed E-state index contributed by atoms with van der Waals surface area (Å²) in [5.74, 6) is 1.99. The van der Waals surface area contributed by atoms with E-state index in [0.717, 1.165) is 30.1 Å². The first-order chi connectivity index (χ1) is 14.3. The molecule has 0 aliphatic carbocycles. The summed E-state index contributed by atoms with van der Waals surface area (Å²) in [6, 6.07) is 19.7. The van der Waals surface area contributed by atoms with E-state index in [1.165, 1.54) is 0 Å². The van der Waals surface area contributed by atoms with Gasteiger partial charge in [-0.2, -0.15) is 5.26 Å². The number of anilines is 1. The number of para-hydroxylation sites is 1. The lowest BCUT2D eigenvalue weighted by Gasteiger charge is -2.28. The summed E-state index contributed by atoms with van der Waals surface area (Å²) in [7, 11) is 1.63. The van der Waals surface area contributed by atoms with Crippen molar-refractivity contribution in [3.63, 3.8) is 0 Å². The van der Waals surface area contributed by atoms with E-state index in [4.69, 9.17) is 9.47 Å². The third kappa shape index (κ3) is 3.98. The molecule has 0 atom stereocenters. The summed E-state index contributed by atoms with van der Waals surface area (Å²) in [5.41, 5.74) is 2.23. The first kappa shape index (κ1) is 18.7. The van der Waals surface area contributed by atoms with Crippen molar-refractivity contribution in [1.29, 1.82) is 5.26 Å². The van der Waals surface area contributed by atoms with E-state index in [-0.39, 0.29) is 0 Å². The molecule has 0 bridgehead atoms. The minimum absolute atomic E-state index is 0.436. The number of rotatable bonds is 5. The lowest BCUT2D eigenvalue weighted by atomic mass is 10.1. The van der Waals surface area contributed by atoms with Crippen LogP contribution in [0.2, 0.25) is 0 Å². The van der Waals surface area contributed by atoms with Gasteiger partial charge in [0.15, 0.2) is 5.82 Å². The number of hydrogen-bond acceptors (Lipinski definition) is 6. The largest absolute Gasteiger partial charge is 0.497 e. The second-order valence-electron chi connectivity index (χ2n) is 6.54. The fraction of sp³-hybridized carbons (Fsp3) is 0.227. The van der Waals surface area contributed by atoms with Gasteiger partial charge in [0.05, 0.1) is 31.6 Å². The highest BCUT2D eigenvalue weighted by Crippen LogP contribution is 2.26. The molecule has 1 saturated heterocycles. The van der Waals surface area contributed by atoms with E-state index in [9.17, 15) is 5.26 Å². The molecule has 1 fully saturated rings. The van der Waals surface area contributed by atoms with Crippen LogP contribution in [0.1, 0.15) is 11.4 Å². The number of morpholine rings is 1. The smallest absolute Gasteiger partial charge is 0.232 e. The molecule has 7 nitrogen and oxygen atoms in total. The van der Waals surface area contributed by atoms with E-state index in [1.807, 2.05) is 65.2 Å². The van der Waals surface area contributed by atoms with Gasteiger partial charge in [0.25, 0.3) is 0 Å². The van der Waals surface area contributed by atoms with Gasteiger partial charge < -0.3 is 14.4 Å². The van der Waals surface area contributed by atoms with Gasteiger partial charge in [-0.1, -0.05) is 30.3 Å². The summed E-state index contributed by atoms with van der Waals surface area (Å²) >= 11 is 0. The zero-order valence-corrected chi connectivity index (χ0v) is 16.2. The predicted molar refractivity (Wildman–Crippen MR) is 111 cm³/mol. The fourth-order valence-corrected chi connectivity index (χ4v) is 3.25. The molecule has 1 aliphatic rings. The van der Waals surface area contributed by atoms with Crippen LogP contribution in [0.5, 0.6) is 5.75 Å². The Labute approximate surface area is 169 Å². The number of nitriles is 1. The number of ether oxygens (including phenoxy) is 2. The molecule has 7 heteroatoms. The Morgan fingerprint density at radius 2 is 1.79 bits per heavy atom. The maximum Gasteiger partial charge on any atom is 0.232 e. The van der Waals surface area contributed by atoms with E-state index < -0.39 is 0 Å². The molecule has 1 aromatic heterocycles. The minimum Gasteiger partial charge on any atom is -0.497 e. The molecular weight excluding hydrogens is 366 g/mol. The van der Waals surface area contributed by atoms with Gasteiger partial charge in [-0.25, -0.2) is 0 Å². The van der Waals surface area contributed by atoms with E-state index in [1.54, 1.807) is 7.11 Å². The number of methoxy groups -OCH3 is 1. The van der Waals surface area contributed by atoms with E-state index in [0.29, 0.717) is 30.6 Å². The minimum atomic E-state index is 0.436. The van der Waals surface area contributed by atoms with Gasteiger partial charge in [0.1, 0.15) is 11.8 Å². The normalized spacial score (nSPS) is 14.5. The molecule has 0 amide bonds. The summed E-state index contributed by atoms with van der Waals surface area (Å²) in [5, 5.41) is 18.7. The van der Waals surface area contributed by atoms with Crippen LogP contribution in [0.25, 0.3) is 17.3 Å². The highest BCUT2D eigenvalue weighted by atomic mass is 16.5. The molecule has 0 unspecified atom stereocenters. The van der Waals surface area contributed by atoms with Crippen molar-refractivity contribution in [2.24, 2.45) is 0 Å². The lowest BCUT2D eigenvalue weighted by Crippen LogP contribution is -2.38. The monoisotopic (exact) mass is 387 g/mol. The summed E-state index contributed by atoms with van der Waals surface area (Å²) in [6.07, 6.45) is 1.81. The SMILES string of the molecule is COc1ccc(C=C(C#N)c2nnc(N3CCOCC3)n2-c2ccccc2)cc1. The van der Waals surface area contributed by atoms with Gasteiger partial charge in [-0.3, -0.25) is 4.57 Å². The Morgan fingerprint density at radius 1 is 1.07 bits per heavy atom. The number of benzene rings is 2. The van der Waals surface area contributed by atoms with Crippen molar-refractivity contribution in [2.75, 3.05) is 38.3 Å². The second-order valence-corrected chi connectivity index (χ2v) is 6.54. The average molecular weight is 387 g/mol. The van der Waals surface area contributed by atoms with Crippen LogP contribution in [0, 0.1) is 11.3 Å². The molecule has 146 valence electrons. The molecule has 2 aromatic carbocycles. The topological polar surface area (TPSA) is 76.2 Å². The van der Waals surface area contributed by atoms with Crippen LogP contribution >= 0.6 is 0 Å². The Balaban J connectivity index is 1.80. The van der Waals surface area contributed by atoms with Crippen molar-refractivity contribution < 1.29 is 9.47 Å². The Bertz CT molecular complexity index is 1030. The third-order valence-corrected chi connectivity index (χ3v) is 4.74. The van der Waals surface area contributed by atoms with Gasteiger partial charge >= 0.3 is 0 Å². The zero-order valence-electron chi connectivity index (χ0n) is 16.2. The molecule has 0 N–H and O–H groups in total. The van der Waals surface area contributed by atoms with Crippen molar-refractivity contribution in [3.05, 3.63) is 66.0 Å². The van der Waals surface area contributed by atoms with Crippen molar-refractivity contribution >= 4 is 17.6 Å². The summed E-state index contributed by atoms with van der Waals surface area (Å²) in [6.45, 7) is 2.75. The number of aromatic nitrogens is 3. The molecule has 3 aromatic rings. The van der Waals surface area contributed by atoms with Crippen LogP contribution < -0.4 is 9.64 Å². The quantitative estimate of drug-likeness (QED) is 0.626. The maximum atomic E-state index is 9.87. The summed E-state index contributed by atoms with van der Waals surface area (Å²) in [4.78, 5) is 2.13. The van der Waals surface area contributed by atoms with E-state index in [2.05, 4.69) is 21.2 Å². The molecule has 0 saturated carbocycles. The van der Waals surface area contributed by atoms with Crippen LogP contribution in [0.15, 0.2) is 54.6 Å². The van der Waals surface area contributed by atoms with Gasteiger partial charge in [-0.05, 0) is 35.9 Å². The predicted octanol–water partition coefficient (Wildman–Crippen LogP) is 3.18. The van der Waals surface area contributed by atoms with Gasteiger partial charge in [0, 0.05) is 13.1 Å². The van der Waals surface area contributed by atoms with Gasteiger partial charge in [-0.15, -0.1) is 10.2 Å². The molecular formula is C22H21N5O2. The lowest BCUT2D eigenvalue weighted by molar-refractivity contribution is 0.122. The molecule has 29 heavy (non-hydrogen) atoms. The molecule has 0 spiro atoms. The Kier molecular flexibility index (Phi) is 5.54. The first-order valence-corrected chi connectivity index (χ1v) is 9.40. The average Bonchev–Trinajstić information content (AvgIpc) is 3.24. The van der Waals surface area contributed by atoms with Crippen LogP contribution in [-0.4, -0.2) is 48.2 Å². The van der Waals surface area contributed by atoms with Crippen molar-refractivity contribution in [2.45, 2.75) is 0 Å². The Morgan fingerprint density at radius 3 is 2.45 bits per heavy atom. The fourth-order valence-electron chi connectivity index (χ4n) is 3.25. The Hall–Kier alpha value is -3.63. The molecule has 1 aliphatic heterocycles. The number of hydrogen-bond donors (Lipinski definition) is 0. The van der Waals surface area contributed by atoms with Crippen molar-refractivity contribution in [3.8, 4) is 17.5 Å². The second kappa shape index (κ2) is 8.59. The molecule has 2 heterocycles. The molecule has 4 rings (SSSR count). The number of nitrogens with zero attached hydrogens (tertiary/aromatic N) is 5. The number of allylic oxidation sites excluding steroid dienone is 1. The van der Waals surface area contributed by atoms with Gasteiger partial charge in [0.2, 0.25) is 5.95 Å². The summed E-state index contributed by atoms with van der Waals surface area (Å²) < 4.78 is 12.6. The third-order valence-electron chi connectivity index (χ3n) is 4.74. The van der Waals surface area contributed by atoms with Crippen LogP contribution in [-0.2, 0) is 4.74 Å². The van der Waals surface area contributed by atoms with Crippen molar-refractivity contribution in [1.82, 2.24) is 14.8 Å². The maximum absolute atomic E-state index is 9.87. The zero-order chi connectivity index (χ0) is 20.1. The first-order valence-electron chi connectivity index (χ1n) is 9.40. The van der Waals surface area contributed by atoms with E-state index >= 15 is 0 Å². The van der Waals surface area contributed by atoms with Crippen LogP contribution in [0.4, 0.5) is 5.95 Å². The van der Waals surface area contributed by atoms with Crippen LogP contribution in [0.3, 0.4) is 0 Å². The molecule has 0 radical (unpaired) electrons.